The van der Waals surface area contributed by atoms with Crippen LogP contribution in [0.25, 0.3) is 0 Å². The van der Waals surface area contributed by atoms with E-state index >= 15 is 0 Å². The Hall–Kier alpha value is -0.860. The molecule has 2 aliphatic rings. The van der Waals surface area contributed by atoms with Gasteiger partial charge in [-0.2, -0.15) is 0 Å². The molecule has 110 valence electrons. The lowest BCUT2D eigenvalue weighted by Gasteiger charge is -2.54. The van der Waals surface area contributed by atoms with Gasteiger partial charge in [-0.3, -0.25) is 0 Å². The van der Waals surface area contributed by atoms with Crippen molar-refractivity contribution in [1.82, 2.24) is 5.32 Å². The highest BCUT2D eigenvalue weighted by Crippen LogP contribution is 2.54. The average Bonchev–Trinajstić information content (AvgIpc) is 2.99. The first-order valence-electron chi connectivity index (χ1n) is 8.24. The van der Waals surface area contributed by atoms with Crippen molar-refractivity contribution in [2.45, 2.75) is 57.6 Å². The highest BCUT2D eigenvalue weighted by molar-refractivity contribution is 5.15. The SMILES string of the molecule is CCOC1CC(NCCc2ccccc2)C12CCCC2. The lowest BCUT2D eigenvalue weighted by molar-refractivity contribution is -0.130. The van der Waals surface area contributed by atoms with E-state index in [9.17, 15) is 0 Å². The third kappa shape index (κ3) is 2.64. The maximum Gasteiger partial charge on any atom is 0.0661 e. The summed E-state index contributed by atoms with van der Waals surface area (Å²) in [6, 6.07) is 11.5. The molecular weight excluding hydrogens is 246 g/mol. The van der Waals surface area contributed by atoms with E-state index in [0.29, 0.717) is 17.6 Å². The molecule has 2 fully saturated rings. The van der Waals surface area contributed by atoms with Crippen molar-refractivity contribution < 1.29 is 4.74 Å². The second-order valence-corrected chi connectivity index (χ2v) is 6.36. The minimum Gasteiger partial charge on any atom is -0.378 e. The standard InChI is InChI=1S/C18H27NO/c1-2-20-17-14-16(18(17)11-6-7-12-18)19-13-10-15-8-4-3-5-9-15/h3-5,8-9,16-17,19H,2,6-7,10-14H2,1H3. The van der Waals surface area contributed by atoms with Crippen LogP contribution in [0.4, 0.5) is 0 Å². The zero-order valence-electron chi connectivity index (χ0n) is 12.6. The van der Waals surface area contributed by atoms with Gasteiger partial charge in [0.05, 0.1) is 6.10 Å². The molecule has 1 spiro atoms. The van der Waals surface area contributed by atoms with Crippen LogP contribution in [0.3, 0.4) is 0 Å². The lowest BCUT2D eigenvalue weighted by atomic mass is 9.60. The van der Waals surface area contributed by atoms with Gasteiger partial charge < -0.3 is 10.1 Å². The number of hydrogen-bond donors (Lipinski definition) is 1. The molecule has 0 amide bonds. The minimum atomic E-state index is 0.465. The second kappa shape index (κ2) is 6.28. The third-order valence-corrected chi connectivity index (χ3v) is 5.33. The smallest absolute Gasteiger partial charge is 0.0661 e. The topological polar surface area (TPSA) is 21.3 Å². The molecule has 0 aliphatic heterocycles. The molecule has 1 N–H and O–H groups in total. The summed E-state index contributed by atoms with van der Waals surface area (Å²) in [4.78, 5) is 0. The van der Waals surface area contributed by atoms with Crippen molar-refractivity contribution in [1.29, 1.82) is 0 Å². The first-order valence-corrected chi connectivity index (χ1v) is 8.24. The van der Waals surface area contributed by atoms with Gasteiger partial charge >= 0.3 is 0 Å². The predicted octanol–water partition coefficient (Wildman–Crippen LogP) is 3.56. The molecule has 2 heteroatoms. The molecule has 2 atom stereocenters. The molecule has 0 bridgehead atoms. The van der Waals surface area contributed by atoms with Gasteiger partial charge in [0.1, 0.15) is 0 Å². The van der Waals surface area contributed by atoms with Crippen LogP contribution in [-0.2, 0) is 11.2 Å². The van der Waals surface area contributed by atoms with Crippen molar-refractivity contribution in [3.05, 3.63) is 35.9 Å². The predicted molar refractivity (Wildman–Crippen MR) is 82.9 cm³/mol. The average molecular weight is 273 g/mol. The monoisotopic (exact) mass is 273 g/mol. The zero-order valence-corrected chi connectivity index (χ0v) is 12.6. The zero-order chi connectivity index (χ0) is 13.8. The van der Waals surface area contributed by atoms with Crippen LogP contribution in [0.1, 0.15) is 44.6 Å². The van der Waals surface area contributed by atoms with Crippen molar-refractivity contribution in [2.24, 2.45) is 5.41 Å². The molecule has 1 aromatic rings. The van der Waals surface area contributed by atoms with Crippen LogP contribution in [-0.4, -0.2) is 25.3 Å². The van der Waals surface area contributed by atoms with Gasteiger partial charge in [-0.05, 0) is 44.7 Å². The Morgan fingerprint density at radius 3 is 2.65 bits per heavy atom. The summed E-state index contributed by atoms with van der Waals surface area (Å²) in [7, 11) is 0. The molecule has 2 unspecified atom stereocenters. The van der Waals surface area contributed by atoms with Crippen molar-refractivity contribution in [2.75, 3.05) is 13.2 Å². The molecule has 1 aromatic carbocycles. The van der Waals surface area contributed by atoms with Gasteiger partial charge in [-0.25, -0.2) is 0 Å². The van der Waals surface area contributed by atoms with Crippen LogP contribution in [0, 0.1) is 5.41 Å². The van der Waals surface area contributed by atoms with Crippen LogP contribution >= 0.6 is 0 Å². The van der Waals surface area contributed by atoms with Crippen LogP contribution in [0.5, 0.6) is 0 Å². The molecule has 0 heterocycles. The second-order valence-electron chi connectivity index (χ2n) is 6.36. The summed E-state index contributed by atoms with van der Waals surface area (Å²) in [6.45, 7) is 4.08. The fraction of sp³-hybridized carbons (Fsp3) is 0.667. The highest BCUT2D eigenvalue weighted by atomic mass is 16.5. The van der Waals surface area contributed by atoms with Gasteiger partial charge in [0.15, 0.2) is 0 Å². The molecular formula is C18H27NO. The fourth-order valence-electron chi connectivity index (χ4n) is 4.21. The van der Waals surface area contributed by atoms with Gasteiger partial charge in [-0.15, -0.1) is 0 Å². The fourth-order valence-corrected chi connectivity index (χ4v) is 4.21. The summed E-state index contributed by atoms with van der Waals surface area (Å²) >= 11 is 0. The van der Waals surface area contributed by atoms with Crippen molar-refractivity contribution in [3.8, 4) is 0 Å². The summed E-state index contributed by atoms with van der Waals surface area (Å²) in [5, 5.41) is 3.81. The van der Waals surface area contributed by atoms with Crippen LogP contribution < -0.4 is 5.32 Å². The number of benzene rings is 1. The Kier molecular flexibility index (Phi) is 4.42. The Balaban J connectivity index is 1.51. The maximum absolute atomic E-state index is 5.97. The molecule has 20 heavy (non-hydrogen) atoms. The number of hydrogen-bond acceptors (Lipinski definition) is 2. The number of ether oxygens (including phenoxy) is 1. The maximum atomic E-state index is 5.97. The van der Waals surface area contributed by atoms with Gasteiger partial charge in [0.25, 0.3) is 0 Å². The lowest BCUT2D eigenvalue weighted by Crippen LogP contribution is -2.62. The normalized spacial score (nSPS) is 27.6. The van der Waals surface area contributed by atoms with E-state index in [1.54, 1.807) is 0 Å². The first-order chi connectivity index (χ1) is 9.85. The summed E-state index contributed by atoms with van der Waals surface area (Å²) < 4.78 is 5.97. The molecule has 2 nitrogen and oxygen atoms in total. The van der Waals surface area contributed by atoms with E-state index in [-0.39, 0.29) is 0 Å². The van der Waals surface area contributed by atoms with Crippen LogP contribution in [0.15, 0.2) is 30.3 Å². The van der Waals surface area contributed by atoms with E-state index < -0.39 is 0 Å². The number of nitrogens with one attached hydrogen (secondary N) is 1. The van der Waals surface area contributed by atoms with Gasteiger partial charge in [-0.1, -0.05) is 43.2 Å². The number of rotatable bonds is 6. The molecule has 3 rings (SSSR count). The third-order valence-electron chi connectivity index (χ3n) is 5.33. The molecule has 2 saturated carbocycles. The Bertz CT molecular complexity index is 411. The van der Waals surface area contributed by atoms with Crippen molar-refractivity contribution in [3.63, 3.8) is 0 Å². The van der Waals surface area contributed by atoms with Gasteiger partial charge in [0.2, 0.25) is 0 Å². The van der Waals surface area contributed by atoms with E-state index in [1.165, 1.54) is 37.7 Å². The minimum absolute atomic E-state index is 0.465. The van der Waals surface area contributed by atoms with Crippen molar-refractivity contribution >= 4 is 0 Å². The molecule has 0 radical (unpaired) electrons. The Morgan fingerprint density at radius 1 is 1.20 bits per heavy atom. The molecule has 0 aromatic heterocycles. The quantitative estimate of drug-likeness (QED) is 0.855. The highest BCUT2D eigenvalue weighted by Gasteiger charge is 2.56. The van der Waals surface area contributed by atoms with E-state index in [1.807, 2.05) is 0 Å². The van der Waals surface area contributed by atoms with E-state index in [4.69, 9.17) is 4.74 Å². The summed E-state index contributed by atoms with van der Waals surface area (Å²) in [6.07, 6.45) is 8.36. The largest absolute Gasteiger partial charge is 0.378 e. The summed E-state index contributed by atoms with van der Waals surface area (Å²) in [5.74, 6) is 0. The first kappa shape index (κ1) is 14.1. The summed E-state index contributed by atoms with van der Waals surface area (Å²) in [5.41, 5.74) is 1.90. The van der Waals surface area contributed by atoms with E-state index in [2.05, 4.69) is 42.6 Å². The Morgan fingerprint density at radius 2 is 1.95 bits per heavy atom. The van der Waals surface area contributed by atoms with E-state index in [0.717, 1.165) is 19.6 Å². The van der Waals surface area contributed by atoms with Gasteiger partial charge in [0, 0.05) is 18.1 Å². The van der Waals surface area contributed by atoms with Crippen LogP contribution in [0.2, 0.25) is 0 Å². The Labute approximate surface area is 122 Å². The molecule has 2 aliphatic carbocycles. The molecule has 0 saturated heterocycles.